The van der Waals surface area contributed by atoms with Gasteiger partial charge in [-0.3, -0.25) is 0 Å². The highest BCUT2D eigenvalue weighted by Gasteiger charge is 1.98. The van der Waals surface area contributed by atoms with Gasteiger partial charge < -0.3 is 5.73 Å². The summed E-state index contributed by atoms with van der Waals surface area (Å²) in [6.07, 6.45) is 9.28. The Morgan fingerprint density at radius 2 is 1.71 bits per heavy atom. The van der Waals surface area contributed by atoms with Crippen LogP contribution in [0.25, 0.3) is 0 Å². The maximum absolute atomic E-state index is 5.43. The third-order valence-corrected chi connectivity index (χ3v) is 2.43. The summed E-state index contributed by atoms with van der Waals surface area (Å²) in [7, 11) is 0. The molecule has 0 amide bonds. The van der Waals surface area contributed by atoms with Crippen molar-refractivity contribution in [1.82, 2.24) is 0 Å². The fourth-order valence-corrected chi connectivity index (χ4v) is 1.47. The first kappa shape index (κ1) is 11.2. The van der Waals surface area contributed by atoms with Crippen LogP contribution in [-0.2, 0) is 6.54 Å². The van der Waals surface area contributed by atoms with Crippen molar-refractivity contribution < 1.29 is 4.57 Å². The van der Waals surface area contributed by atoms with E-state index in [0.717, 1.165) is 13.1 Å². The average molecular weight is 193 g/mol. The van der Waals surface area contributed by atoms with E-state index in [0.29, 0.717) is 0 Å². The van der Waals surface area contributed by atoms with Crippen molar-refractivity contribution in [1.29, 1.82) is 0 Å². The molecule has 0 spiro atoms. The minimum absolute atomic E-state index is 0.831. The highest BCUT2D eigenvalue weighted by molar-refractivity contribution is 5.03. The summed E-state index contributed by atoms with van der Waals surface area (Å²) >= 11 is 0. The minimum atomic E-state index is 0.831. The molecule has 0 radical (unpaired) electrons. The van der Waals surface area contributed by atoms with Gasteiger partial charge in [0.2, 0.25) is 0 Å². The lowest BCUT2D eigenvalue weighted by Gasteiger charge is -1.98. The van der Waals surface area contributed by atoms with Crippen LogP contribution in [-0.4, -0.2) is 6.54 Å². The van der Waals surface area contributed by atoms with Crippen LogP contribution in [0.2, 0.25) is 0 Å². The van der Waals surface area contributed by atoms with E-state index in [1.807, 2.05) is 0 Å². The second-order valence-electron chi connectivity index (χ2n) is 3.82. The molecule has 2 N–H and O–H groups in total. The molecule has 0 aliphatic heterocycles. The van der Waals surface area contributed by atoms with Gasteiger partial charge in [-0.1, -0.05) is 6.42 Å². The fourth-order valence-electron chi connectivity index (χ4n) is 1.47. The normalized spacial score (nSPS) is 10.4. The first-order chi connectivity index (χ1) is 6.83. The van der Waals surface area contributed by atoms with Crippen molar-refractivity contribution in [2.45, 2.75) is 39.2 Å². The zero-order valence-electron chi connectivity index (χ0n) is 9.08. The monoisotopic (exact) mass is 193 g/mol. The molecule has 0 aromatic carbocycles. The average Bonchev–Trinajstić information content (AvgIpc) is 2.21. The number of nitrogens with two attached hydrogens (primary N) is 1. The minimum Gasteiger partial charge on any atom is -0.330 e. The molecule has 0 saturated heterocycles. The molecule has 78 valence electrons. The van der Waals surface area contributed by atoms with Gasteiger partial charge in [0.1, 0.15) is 6.54 Å². The number of unbranched alkanes of at least 4 members (excludes halogenated alkanes) is 3. The second-order valence-corrected chi connectivity index (χ2v) is 3.82. The number of rotatable bonds is 6. The first-order valence-electron chi connectivity index (χ1n) is 5.48. The van der Waals surface area contributed by atoms with Gasteiger partial charge in [0, 0.05) is 18.6 Å². The molecular formula is C12H21N2+. The van der Waals surface area contributed by atoms with E-state index in [9.17, 15) is 0 Å². The van der Waals surface area contributed by atoms with E-state index in [1.54, 1.807) is 0 Å². The molecule has 14 heavy (non-hydrogen) atoms. The van der Waals surface area contributed by atoms with Gasteiger partial charge in [0.15, 0.2) is 12.4 Å². The number of hydrogen-bond acceptors (Lipinski definition) is 1. The largest absolute Gasteiger partial charge is 0.330 e. The van der Waals surface area contributed by atoms with Crippen molar-refractivity contribution in [3.05, 3.63) is 30.1 Å². The number of aromatic nitrogens is 1. The van der Waals surface area contributed by atoms with E-state index in [1.165, 1.54) is 31.2 Å². The van der Waals surface area contributed by atoms with Crippen LogP contribution in [0.5, 0.6) is 0 Å². The van der Waals surface area contributed by atoms with Crippen LogP contribution in [0.4, 0.5) is 0 Å². The molecule has 2 heteroatoms. The summed E-state index contributed by atoms with van der Waals surface area (Å²) in [6, 6.07) is 4.31. The molecule has 1 aromatic rings. The molecule has 0 unspecified atom stereocenters. The molecule has 0 atom stereocenters. The summed E-state index contributed by atoms with van der Waals surface area (Å²) in [5.74, 6) is 0. The molecular weight excluding hydrogens is 172 g/mol. The molecule has 0 fully saturated rings. The predicted molar refractivity (Wildman–Crippen MR) is 58.9 cm³/mol. The summed E-state index contributed by atoms with van der Waals surface area (Å²) in [4.78, 5) is 0. The van der Waals surface area contributed by atoms with Crippen LogP contribution in [0.3, 0.4) is 0 Å². The molecule has 0 saturated carbocycles. The summed E-state index contributed by atoms with van der Waals surface area (Å²) in [5, 5.41) is 0. The maximum atomic E-state index is 5.43. The Balaban J connectivity index is 2.15. The Hall–Kier alpha value is -0.890. The van der Waals surface area contributed by atoms with E-state index < -0.39 is 0 Å². The molecule has 0 aliphatic carbocycles. The van der Waals surface area contributed by atoms with Crippen molar-refractivity contribution in [2.75, 3.05) is 6.54 Å². The van der Waals surface area contributed by atoms with E-state index >= 15 is 0 Å². The van der Waals surface area contributed by atoms with Gasteiger partial charge in [-0.05, 0) is 31.9 Å². The van der Waals surface area contributed by atoms with Crippen molar-refractivity contribution in [2.24, 2.45) is 5.73 Å². The van der Waals surface area contributed by atoms with Gasteiger partial charge in [-0.2, -0.15) is 0 Å². The summed E-state index contributed by atoms with van der Waals surface area (Å²) in [5.41, 5.74) is 6.76. The zero-order chi connectivity index (χ0) is 10.2. The topological polar surface area (TPSA) is 29.9 Å². The van der Waals surface area contributed by atoms with Gasteiger partial charge in [-0.25, -0.2) is 4.57 Å². The van der Waals surface area contributed by atoms with E-state index in [4.69, 9.17) is 5.73 Å². The summed E-state index contributed by atoms with van der Waals surface area (Å²) < 4.78 is 2.25. The highest BCUT2D eigenvalue weighted by Crippen LogP contribution is 1.98. The molecule has 1 aromatic heterocycles. The SMILES string of the molecule is Cc1cc[n+](CCCCCCN)cc1. The fraction of sp³-hybridized carbons (Fsp3) is 0.583. The van der Waals surface area contributed by atoms with Crippen LogP contribution in [0.15, 0.2) is 24.5 Å². The van der Waals surface area contributed by atoms with Crippen LogP contribution >= 0.6 is 0 Å². The number of pyridine rings is 1. The Morgan fingerprint density at radius 1 is 1.07 bits per heavy atom. The lowest BCUT2D eigenvalue weighted by atomic mass is 10.2. The predicted octanol–water partition coefficient (Wildman–Crippen LogP) is 1.80. The Bertz CT molecular complexity index is 241. The van der Waals surface area contributed by atoms with Crippen molar-refractivity contribution >= 4 is 0 Å². The van der Waals surface area contributed by atoms with Gasteiger partial charge in [-0.15, -0.1) is 0 Å². The van der Waals surface area contributed by atoms with Crippen LogP contribution in [0, 0.1) is 6.92 Å². The van der Waals surface area contributed by atoms with E-state index in [2.05, 4.69) is 36.0 Å². The standard InChI is InChI=1S/C12H21N2/c1-12-6-10-14(11-7-12)9-5-3-2-4-8-13/h6-7,10-11H,2-5,8-9,13H2,1H3/q+1. The number of nitrogens with zero attached hydrogens (tertiary/aromatic N) is 1. The van der Waals surface area contributed by atoms with Crippen molar-refractivity contribution in [3.63, 3.8) is 0 Å². The summed E-state index contributed by atoms with van der Waals surface area (Å²) in [6.45, 7) is 4.08. The Labute approximate surface area is 86.8 Å². The zero-order valence-corrected chi connectivity index (χ0v) is 9.08. The lowest BCUT2D eigenvalue weighted by molar-refractivity contribution is -0.697. The van der Waals surface area contributed by atoms with Crippen molar-refractivity contribution in [3.8, 4) is 0 Å². The number of hydrogen-bond donors (Lipinski definition) is 1. The highest BCUT2D eigenvalue weighted by atomic mass is 14.9. The third-order valence-electron chi connectivity index (χ3n) is 2.43. The van der Waals surface area contributed by atoms with E-state index in [-0.39, 0.29) is 0 Å². The maximum Gasteiger partial charge on any atom is 0.169 e. The molecule has 2 nitrogen and oxygen atoms in total. The molecule has 0 aliphatic rings. The van der Waals surface area contributed by atoms with Gasteiger partial charge in [0.25, 0.3) is 0 Å². The van der Waals surface area contributed by atoms with Crippen LogP contribution < -0.4 is 10.3 Å². The van der Waals surface area contributed by atoms with Gasteiger partial charge in [0.05, 0.1) is 0 Å². The first-order valence-corrected chi connectivity index (χ1v) is 5.48. The molecule has 0 bridgehead atoms. The smallest absolute Gasteiger partial charge is 0.169 e. The lowest BCUT2D eigenvalue weighted by Crippen LogP contribution is -2.32. The van der Waals surface area contributed by atoms with Crippen LogP contribution in [0.1, 0.15) is 31.2 Å². The number of aryl methyl sites for hydroxylation is 2. The Kier molecular flexibility index (Phi) is 5.23. The second kappa shape index (κ2) is 6.55. The van der Waals surface area contributed by atoms with Gasteiger partial charge >= 0.3 is 0 Å². The quantitative estimate of drug-likeness (QED) is 0.542. The molecule has 1 heterocycles. The molecule has 1 rings (SSSR count). The Morgan fingerprint density at radius 3 is 2.36 bits per heavy atom. The third kappa shape index (κ3) is 4.38.